The number of nitrogen functional groups attached to an aromatic ring is 1. The number of nitrogens with one attached hydrogen (secondary N) is 1. The van der Waals surface area contributed by atoms with Crippen LogP contribution in [-0.4, -0.2) is 23.1 Å². The lowest BCUT2D eigenvalue weighted by Crippen LogP contribution is -2.42. The van der Waals surface area contributed by atoms with Crippen molar-refractivity contribution in [2.45, 2.75) is 13.3 Å². The molecule has 1 fully saturated rings. The zero-order chi connectivity index (χ0) is 10.7. The molecule has 0 unspecified atom stereocenters. The van der Waals surface area contributed by atoms with Crippen LogP contribution in [0.5, 0.6) is 0 Å². The third kappa shape index (κ3) is 1.99. The molecule has 1 aliphatic heterocycles. The van der Waals surface area contributed by atoms with E-state index in [0.29, 0.717) is 11.7 Å². The summed E-state index contributed by atoms with van der Waals surface area (Å²) < 4.78 is 0. The molecule has 2 heterocycles. The molecule has 15 heavy (non-hydrogen) atoms. The molecule has 0 spiro atoms. The zero-order valence-electron chi connectivity index (χ0n) is 8.90. The standard InChI is InChI=1S/C11H16N4/c1-2-3-9(8-6-13-7-8)10-11(12)15-5-4-14-10/h3-5,8,13H,2,6-7H2,1H3,(H2,12,15)/b9-3+. The number of nitrogens with zero attached hydrogens (tertiary/aromatic N) is 2. The third-order valence-corrected chi connectivity index (χ3v) is 2.65. The van der Waals surface area contributed by atoms with Crippen LogP contribution in [0.3, 0.4) is 0 Å². The first-order valence-corrected chi connectivity index (χ1v) is 5.30. The Kier molecular flexibility index (Phi) is 2.97. The normalized spacial score (nSPS) is 17.5. The minimum Gasteiger partial charge on any atom is -0.382 e. The smallest absolute Gasteiger partial charge is 0.149 e. The molecule has 1 saturated heterocycles. The van der Waals surface area contributed by atoms with Crippen LogP contribution in [0.2, 0.25) is 0 Å². The molecule has 4 nitrogen and oxygen atoms in total. The van der Waals surface area contributed by atoms with Gasteiger partial charge in [-0.25, -0.2) is 4.98 Å². The topological polar surface area (TPSA) is 63.8 Å². The van der Waals surface area contributed by atoms with Crippen molar-refractivity contribution in [3.8, 4) is 0 Å². The van der Waals surface area contributed by atoms with Crippen molar-refractivity contribution < 1.29 is 0 Å². The van der Waals surface area contributed by atoms with Crippen molar-refractivity contribution in [3.05, 3.63) is 24.2 Å². The summed E-state index contributed by atoms with van der Waals surface area (Å²) in [5.74, 6) is 1.08. The molecule has 0 aromatic carbocycles. The van der Waals surface area contributed by atoms with Gasteiger partial charge >= 0.3 is 0 Å². The van der Waals surface area contributed by atoms with E-state index >= 15 is 0 Å². The number of rotatable bonds is 3. The number of hydrogen-bond acceptors (Lipinski definition) is 4. The predicted molar refractivity (Wildman–Crippen MR) is 61.1 cm³/mol. The van der Waals surface area contributed by atoms with Crippen LogP contribution in [0.1, 0.15) is 19.0 Å². The van der Waals surface area contributed by atoms with E-state index in [-0.39, 0.29) is 0 Å². The Hall–Kier alpha value is -1.42. The molecule has 2 rings (SSSR count). The highest BCUT2D eigenvalue weighted by Gasteiger charge is 2.24. The SMILES string of the molecule is CC/C=C(/c1nccnc1N)C1CNC1. The minimum absolute atomic E-state index is 0.532. The second-order valence-electron chi connectivity index (χ2n) is 3.71. The van der Waals surface area contributed by atoms with Gasteiger partial charge in [0, 0.05) is 31.4 Å². The number of hydrogen-bond donors (Lipinski definition) is 2. The van der Waals surface area contributed by atoms with Gasteiger partial charge < -0.3 is 11.1 Å². The van der Waals surface area contributed by atoms with E-state index in [9.17, 15) is 0 Å². The Balaban J connectivity index is 2.32. The fourth-order valence-corrected chi connectivity index (χ4v) is 1.76. The van der Waals surface area contributed by atoms with E-state index in [1.165, 1.54) is 5.57 Å². The van der Waals surface area contributed by atoms with Gasteiger partial charge in [-0.15, -0.1) is 0 Å². The van der Waals surface area contributed by atoms with Crippen LogP contribution in [0.15, 0.2) is 18.5 Å². The van der Waals surface area contributed by atoms with Gasteiger partial charge in [-0.1, -0.05) is 13.0 Å². The molecule has 1 aromatic heterocycles. The Bertz CT molecular complexity index is 369. The largest absolute Gasteiger partial charge is 0.382 e. The monoisotopic (exact) mass is 204 g/mol. The first-order chi connectivity index (χ1) is 7.33. The lowest BCUT2D eigenvalue weighted by Gasteiger charge is -2.29. The van der Waals surface area contributed by atoms with Gasteiger partial charge in [-0.3, -0.25) is 4.98 Å². The van der Waals surface area contributed by atoms with E-state index in [0.717, 1.165) is 25.2 Å². The fourth-order valence-electron chi connectivity index (χ4n) is 1.76. The maximum absolute atomic E-state index is 5.83. The number of aromatic nitrogens is 2. The second kappa shape index (κ2) is 4.40. The van der Waals surface area contributed by atoms with Gasteiger partial charge in [0.1, 0.15) is 11.5 Å². The molecule has 0 saturated carbocycles. The summed E-state index contributed by atoms with van der Waals surface area (Å²) in [6, 6.07) is 0. The summed E-state index contributed by atoms with van der Waals surface area (Å²) in [6.45, 7) is 4.16. The van der Waals surface area contributed by atoms with Gasteiger partial charge in [0.05, 0.1) is 0 Å². The first kappa shape index (κ1) is 10.1. The lowest BCUT2D eigenvalue weighted by molar-refractivity contribution is 0.429. The van der Waals surface area contributed by atoms with Gasteiger partial charge in [-0.05, 0) is 12.0 Å². The van der Waals surface area contributed by atoms with Crippen molar-refractivity contribution in [1.29, 1.82) is 0 Å². The summed E-state index contributed by atoms with van der Waals surface area (Å²) in [5.41, 5.74) is 7.92. The van der Waals surface area contributed by atoms with E-state index < -0.39 is 0 Å². The highest BCUT2D eigenvalue weighted by atomic mass is 15.0. The van der Waals surface area contributed by atoms with E-state index in [2.05, 4.69) is 28.3 Å². The molecular weight excluding hydrogens is 188 g/mol. The third-order valence-electron chi connectivity index (χ3n) is 2.65. The second-order valence-corrected chi connectivity index (χ2v) is 3.71. The van der Waals surface area contributed by atoms with E-state index in [4.69, 9.17) is 5.73 Å². The molecule has 0 amide bonds. The Labute approximate surface area is 89.6 Å². The van der Waals surface area contributed by atoms with Crippen LogP contribution in [0, 0.1) is 5.92 Å². The van der Waals surface area contributed by atoms with E-state index in [1.807, 2.05) is 0 Å². The highest BCUT2D eigenvalue weighted by molar-refractivity contribution is 5.72. The molecule has 1 aromatic rings. The molecule has 4 heteroatoms. The maximum atomic E-state index is 5.83. The number of anilines is 1. The Morgan fingerprint density at radius 1 is 1.53 bits per heavy atom. The van der Waals surface area contributed by atoms with Crippen molar-refractivity contribution >= 4 is 11.4 Å². The molecule has 0 aliphatic carbocycles. The summed E-state index contributed by atoms with van der Waals surface area (Å²) in [7, 11) is 0. The molecule has 80 valence electrons. The van der Waals surface area contributed by atoms with Gasteiger partial charge in [0.15, 0.2) is 0 Å². The van der Waals surface area contributed by atoms with Crippen LogP contribution in [-0.2, 0) is 0 Å². The number of allylic oxidation sites excluding steroid dienone is 1. The maximum Gasteiger partial charge on any atom is 0.149 e. The summed E-state index contributed by atoms with van der Waals surface area (Å²) in [4.78, 5) is 8.39. The summed E-state index contributed by atoms with van der Waals surface area (Å²) in [6.07, 6.45) is 6.52. The molecule has 3 N–H and O–H groups in total. The van der Waals surface area contributed by atoms with Gasteiger partial charge in [0.25, 0.3) is 0 Å². The average molecular weight is 204 g/mol. The quantitative estimate of drug-likeness (QED) is 0.773. The van der Waals surface area contributed by atoms with Crippen molar-refractivity contribution in [2.24, 2.45) is 5.92 Å². The van der Waals surface area contributed by atoms with Crippen LogP contribution in [0.4, 0.5) is 5.82 Å². The average Bonchev–Trinajstić information content (AvgIpc) is 2.15. The van der Waals surface area contributed by atoms with Gasteiger partial charge in [0.2, 0.25) is 0 Å². The fraction of sp³-hybridized carbons (Fsp3) is 0.455. The lowest BCUT2D eigenvalue weighted by atomic mass is 9.90. The Morgan fingerprint density at radius 3 is 2.80 bits per heavy atom. The van der Waals surface area contributed by atoms with Crippen LogP contribution in [0.25, 0.3) is 5.57 Å². The first-order valence-electron chi connectivity index (χ1n) is 5.30. The van der Waals surface area contributed by atoms with E-state index in [1.54, 1.807) is 12.4 Å². The number of nitrogens with two attached hydrogens (primary N) is 1. The Morgan fingerprint density at radius 2 is 2.27 bits per heavy atom. The van der Waals surface area contributed by atoms with Gasteiger partial charge in [-0.2, -0.15) is 0 Å². The molecule has 0 atom stereocenters. The van der Waals surface area contributed by atoms with Crippen LogP contribution < -0.4 is 11.1 Å². The van der Waals surface area contributed by atoms with Crippen LogP contribution >= 0.6 is 0 Å². The minimum atomic E-state index is 0.532. The summed E-state index contributed by atoms with van der Waals surface area (Å²) in [5, 5.41) is 3.26. The van der Waals surface area contributed by atoms with Crippen molar-refractivity contribution in [1.82, 2.24) is 15.3 Å². The molecular formula is C11H16N4. The predicted octanol–water partition coefficient (Wildman–Crippen LogP) is 1.07. The molecule has 0 radical (unpaired) electrons. The zero-order valence-corrected chi connectivity index (χ0v) is 8.90. The highest BCUT2D eigenvalue weighted by Crippen LogP contribution is 2.27. The molecule has 0 bridgehead atoms. The van der Waals surface area contributed by atoms with Crippen molar-refractivity contribution in [2.75, 3.05) is 18.8 Å². The molecule has 1 aliphatic rings. The summed E-state index contributed by atoms with van der Waals surface area (Å²) >= 11 is 0. The van der Waals surface area contributed by atoms with Crippen molar-refractivity contribution in [3.63, 3.8) is 0 Å².